The minimum Gasteiger partial charge on any atom is -0.388 e. The molecule has 1 unspecified atom stereocenters. The summed E-state index contributed by atoms with van der Waals surface area (Å²) in [5.74, 6) is 0.185. The number of nitrogens with one attached hydrogen (secondary N) is 1. The van der Waals surface area contributed by atoms with E-state index in [0.29, 0.717) is 6.54 Å². The van der Waals surface area contributed by atoms with Crippen LogP contribution in [-0.4, -0.2) is 17.6 Å². The van der Waals surface area contributed by atoms with Crippen LogP contribution in [0.25, 0.3) is 0 Å². The standard InChI is InChI=1S/C18H23NO2S2/c1-13(20)15-7-6-14(23-15)8-11-19-17(21)18(9-2-3-10-18)16-5-4-12-22-16/h4-7,12-13,20H,2-3,8-11H2,1H3,(H,19,21). The Labute approximate surface area is 145 Å². The molecule has 1 aliphatic carbocycles. The average Bonchev–Trinajstić information content (AvgIpc) is 3.27. The molecule has 2 aromatic rings. The zero-order valence-electron chi connectivity index (χ0n) is 13.4. The zero-order chi connectivity index (χ0) is 16.3. The molecular formula is C18H23NO2S2. The summed E-state index contributed by atoms with van der Waals surface area (Å²) in [6.07, 6.45) is 4.60. The maximum atomic E-state index is 12.8. The third-order valence-electron chi connectivity index (χ3n) is 4.64. The Morgan fingerprint density at radius 2 is 2.13 bits per heavy atom. The van der Waals surface area contributed by atoms with Crippen molar-refractivity contribution in [3.63, 3.8) is 0 Å². The Morgan fingerprint density at radius 3 is 2.74 bits per heavy atom. The van der Waals surface area contributed by atoms with Gasteiger partial charge in [0.2, 0.25) is 5.91 Å². The van der Waals surface area contributed by atoms with Crippen molar-refractivity contribution in [2.75, 3.05) is 6.54 Å². The normalized spacial score (nSPS) is 18.0. The first-order valence-corrected chi connectivity index (χ1v) is 9.90. The molecule has 0 spiro atoms. The third-order valence-corrected chi connectivity index (χ3v) is 7.03. The molecule has 2 aromatic heterocycles. The van der Waals surface area contributed by atoms with Gasteiger partial charge in [0, 0.05) is 21.2 Å². The molecule has 1 aliphatic rings. The lowest BCUT2D eigenvalue weighted by Crippen LogP contribution is -2.42. The van der Waals surface area contributed by atoms with Crippen molar-refractivity contribution >= 4 is 28.6 Å². The highest BCUT2D eigenvalue weighted by Crippen LogP contribution is 2.43. The number of aliphatic hydroxyl groups is 1. The van der Waals surface area contributed by atoms with Gasteiger partial charge in [-0.25, -0.2) is 0 Å². The number of amides is 1. The van der Waals surface area contributed by atoms with Gasteiger partial charge in [0.25, 0.3) is 0 Å². The van der Waals surface area contributed by atoms with Crippen LogP contribution in [0.3, 0.4) is 0 Å². The average molecular weight is 350 g/mol. The maximum Gasteiger partial charge on any atom is 0.231 e. The lowest BCUT2D eigenvalue weighted by atomic mass is 9.83. The second-order valence-corrected chi connectivity index (χ2v) is 8.40. The van der Waals surface area contributed by atoms with E-state index in [4.69, 9.17) is 0 Å². The van der Waals surface area contributed by atoms with Gasteiger partial charge in [0.1, 0.15) is 0 Å². The van der Waals surface area contributed by atoms with Crippen LogP contribution < -0.4 is 5.32 Å². The van der Waals surface area contributed by atoms with E-state index in [-0.39, 0.29) is 11.3 Å². The lowest BCUT2D eigenvalue weighted by Gasteiger charge is -2.26. The summed E-state index contributed by atoms with van der Waals surface area (Å²) in [5.41, 5.74) is -0.297. The monoisotopic (exact) mass is 349 g/mol. The van der Waals surface area contributed by atoms with Crippen molar-refractivity contribution in [1.82, 2.24) is 5.32 Å². The highest BCUT2D eigenvalue weighted by atomic mass is 32.1. The molecule has 1 amide bonds. The smallest absolute Gasteiger partial charge is 0.231 e. The Kier molecular flexibility index (Phi) is 5.19. The number of rotatable bonds is 6. The van der Waals surface area contributed by atoms with Gasteiger partial charge in [-0.05, 0) is 49.8 Å². The predicted octanol–water partition coefficient (Wildman–Crippen LogP) is 4.03. The van der Waals surface area contributed by atoms with Crippen LogP contribution in [0.4, 0.5) is 0 Å². The van der Waals surface area contributed by atoms with E-state index in [1.807, 2.05) is 18.2 Å². The third kappa shape index (κ3) is 3.52. The molecular weight excluding hydrogens is 326 g/mol. The van der Waals surface area contributed by atoms with Gasteiger partial charge in [0.15, 0.2) is 0 Å². The van der Waals surface area contributed by atoms with Gasteiger partial charge in [-0.2, -0.15) is 0 Å². The topological polar surface area (TPSA) is 49.3 Å². The highest BCUT2D eigenvalue weighted by molar-refractivity contribution is 7.12. The van der Waals surface area contributed by atoms with Crippen LogP contribution in [0, 0.1) is 0 Å². The molecule has 0 aliphatic heterocycles. The Morgan fingerprint density at radius 1 is 1.35 bits per heavy atom. The van der Waals surface area contributed by atoms with Gasteiger partial charge in [-0.1, -0.05) is 18.9 Å². The van der Waals surface area contributed by atoms with Crippen molar-refractivity contribution in [2.45, 2.75) is 50.5 Å². The lowest BCUT2D eigenvalue weighted by molar-refractivity contribution is -0.126. The molecule has 0 saturated heterocycles. The summed E-state index contributed by atoms with van der Waals surface area (Å²) in [4.78, 5) is 16.2. The number of hydrogen-bond acceptors (Lipinski definition) is 4. The first-order chi connectivity index (χ1) is 11.1. The van der Waals surface area contributed by atoms with Crippen LogP contribution >= 0.6 is 22.7 Å². The molecule has 1 saturated carbocycles. The largest absolute Gasteiger partial charge is 0.388 e. The number of carbonyl (C=O) groups excluding carboxylic acids is 1. The summed E-state index contributed by atoms with van der Waals surface area (Å²) >= 11 is 3.32. The first kappa shape index (κ1) is 16.7. The molecule has 124 valence electrons. The second-order valence-electron chi connectivity index (χ2n) is 6.25. The van der Waals surface area contributed by atoms with Gasteiger partial charge < -0.3 is 10.4 Å². The summed E-state index contributed by atoms with van der Waals surface area (Å²) in [6, 6.07) is 8.15. The Balaban J connectivity index is 1.59. The van der Waals surface area contributed by atoms with E-state index < -0.39 is 6.10 Å². The highest BCUT2D eigenvalue weighted by Gasteiger charge is 2.43. The minimum absolute atomic E-state index is 0.185. The van der Waals surface area contributed by atoms with Crippen LogP contribution in [0.15, 0.2) is 29.6 Å². The number of carbonyl (C=O) groups is 1. The summed E-state index contributed by atoms with van der Waals surface area (Å²) in [5, 5.41) is 14.8. The predicted molar refractivity (Wildman–Crippen MR) is 96.1 cm³/mol. The van der Waals surface area contributed by atoms with E-state index in [1.165, 1.54) is 9.75 Å². The van der Waals surface area contributed by atoms with Crippen LogP contribution in [0.5, 0.6) is 0 Å². The van der Waals surface area contributed by atoms with E-state index in [9.17, 15) is 9.90 Å². The fraction of sp³-hybridized carbons (Fsp3) is 0.500. The van der Waals surface area contributed by atoms with Crippen molar-refractivity contribution in [3.8, 4) is 0 Å². The van der Waals surface area contributed by atoms with Gasteiger partial charge in [-0.3, -0.25) is 4.79 Å². The van der Waals surface area contributed by atoms with Crippen molar-refractivity contribution in [1.29, 1.82) is 0 Å². The van der Waals surface area contributed by atoms with Crippen LogP contribution in [-0.2, 0) is 16.6 Å². The molecule has 1 atom stereocenters. The van der Waals surface area contributed by atoms with Crippen molar-refractivity contribution in [2.24, 2.45) is 0 Å². The van der Waals surface area contributed by atoms with E-state index >= 15 is 0 Å². The van der Waals surface area contributed by atoms with Crippen LogP contribution in [0.1, 0.15) is 53.3 Å². The molecule has 23 heavy (non-hydrogen) atoms. The number of hydrogen-bond donors (Lipinski definition) is 2. The van der Waals surface area contributed by atoms with Crippen molar-refractivity contribution in [3.05, 3.63) is 44.3 Å². The molecule has 2 heterocycles. The molecule has 2 N–H and O–H groups in total. The van der Waals surface area contributed by atoms with Gasteiger partial charge in [-0.15, -0.1) is 22.7 Å². The minimum atomic E-state index is -0.413. The van der Waals surface area contributed by atoms with E-state index in [0.717, 1.165) is 37.0 Å². The molecule has 0 bridgehead atoms. The molecule has 5 heteroatoms. The Bertz CT molecular complexity index is 640. The molecule has 3 rings (SSSR count). The first-order valence-electron chi connectivity index (χ1n) is 8.21. The number of aliphatic hydroxyl groups excluding tert-OH is 1. The summed E-state index contributed by atoms with van der Waals surface area (Å²) in [7, 11) is 0. The van der Waals surface area contributed by atoms with E-state index in [2.05, 4.69) is 16.8 Å². The van der Waals surface area contributed by atoms with Crippen LogP contribution in [0.2, 0.25) is 0 Å². The second kappa shape index (κ2) is 7.16. The fourth-order valence-corrected chi connectivity index (χ4v) is 5.27. The number of thiophene rings is 2. The van der Waals surface area contributed by atoms with Crippen molar-refractivity contribution < 1.29 is 9.90 Å². The maximum absolute atomic E-state index is 12.8. The van der Waals surface area contributed by atoms with E-state index in [1.54, 1.807) is 29.6 Å². The molecule has 0 aromatic carbocycles. The summed E-state index contributed by atoms with van der Waals surface area (Å²) < 4.78 is 0. The molecule has 0 radical (unpaired) electrons. The van der Waals surface area contributed by atoms with Gasteiger partial charge in [0.05, 0.1) is 11.5 Å². The zero-order valence-corrected chi connectivity index (χ0v) is 15.0. The molecule has 3 nitrogen and oxygen atoms in total. The molecule has 1 fully saturated rings. The quantitative estimate of drug-likeness (QED) is 0.827. The SMILES string of the molecule is CC(O)c1ccc(CCNC(=O)C2(c3cccs3)CCCC2)s1. The fourth-order valence-electron chi connectivity index (χ4n) is 3.34. The van der Waals surface area contributed by atoms with Gasteiger partial charge >= 0.3 is 0 Å². The Hall–Kier alpha value is -1.17. The summed E-state index contributed by atoms with van der Waals surface area (Å²) in [6.45, 7) is 2.44.